The van der Waals surface area contributed by atoms with Crippen LogP contribution in [0.4, 0.5) is 13.2 Å². The van der Waals surface area contributed by atoms with Gasteiger partial charge in [0.1, 0.15) is 0 Å². The van der Waals surface area contributed by atoms with Gasteiger partial charge in [-0.1, -0.05) is 34.1 Å². The van der Waals surface area contributed by atoms with Gasteiger partial charge in [0.25, 0.3) is 0 Å². The molecular formula is C12H12BrF3O2S. The molecule has 1 fully saturated rings. The predicted octanol–water partition coefficient (Wildman–Crippen LogP) is 3.58. The number of hydrogen-bond acceptors (Lipinski definition) is 2. The summed E-state index contributed by atoms with van der Waals surface area (Å²) in [4.78, 5) is -0.368. The first-order valence-corrected chi connectivity index (χ1v) is 8.44. The van der Waals surface area contributed by atoms with Gasteiger partial charge >= 0.3 is 6.18 Å². The van der Waals surface area contributed by atoms with Crippen molar-refractivity contribution in [1.29, 1.82) is 0 Å². The summed E-state index contributed by atoms with van der Waals surface area (Å²) in [5.41, 5.74) is -0.243. The van der Waals surface area contributed by atoms with Gasteiger partial charge in [-0.15, -0.1) is 0 Å². The molecule has 1 saturated heterocycles. The van der Waals surface area contributed by atoms with E-state index in [1.807, 2.05) is 0 Å². The molecule has 0 radical (unpaired) electrons. The van der Waals surface area contributed by atoms with Crippen molar-refractivity contribution in [2.75, 3.05) is 11.5 Å². The normalized spacial score (nSPS) is 24.3. The zero-order chi connectivity index (χ0) is 14.3. The lowest BCUT2D eigenvalue weighted by molar-refractivity contribution is -0.137. The minimum Gasteiger partial charge on any atom is -0.229 e. The van der Waals surface area contributed by atoms with Gasteiger partial charge in [0.2, 0.25) is 0 Å². The fourth-order valence-electron chi connectivity index (χ4n) is 2.21. The van der Waals surface area contributed by atoms with Crippen molar-refractivity contribution >= 4 is 25.8 Å². The van der Waals surface area contributed by atoms with Crippen LogP contribution >= 0.6 is 15.9 Å². The van der Waals surface area contributed by atoms with Crippen molar-refractivity contribution in [3.8, 4) is 0 Å². The topological polar surface area (TPSA) is 34.1 Å². The van der Waals surface area contributed by atoms with Crippen LogP contribution in [0.2, 0.25) is 0 Å². The first kappa shape index (κ1) is 14.8. The molecule has 1 aromatic carbocycles. The number of hydrogen-bond donors (Lipinski definition) is 0. The van der Waals surface area contributed by atoms with Crippen LogP contribution in [0.3, 0.4) is 0 Å². The number of sulfone groups is 1. The van der Waals surface area contributed by atoms with Gasteiger partial charge in [0, 0.05) is 4.83 Å². The number of rotatable bonds is 2. The highest BCUT2D eigenvalue weighted by atomic mass is 79.9. The molecular weight excluding hydrogens is 345 g/mol. The molecule has 0 spiro atoms. The highest BCUT2D eigenvalue weighted by molar-refractivity contribution is 9.09. The average molecular weight is 357 g/mol. The Morgan fingerprint density at radius 3 is 2.53 bits per heavy atom. The summed E-state index contributed by atoms with van der Waals surface area (Å²) in [6.45, 7) is 0. The summed E-state index contributed by atoms with van der Waals surface area (Å²) in [5, 5.41) is 0. The Morgan fingerprint density at radius 1 is 1.32 bits per heavy atom. The molecule has 1 aromatic rings. The summed E-state index contributed by atoms with van der Waals surface area (Å²) in [6.07, 6.45) is -3.90. The maximum Gasteiger partial charge on any atom is 0.416 e. The SMILES string of the molecule is O=S1(=O)CCC(C(Br)c2cccc(C(F)(F)F)c2)C1. The average Bonchev–Trinajstić information content (AvgIpc) is 2.68. The van der Waals surface area contributed by atoms with Crippen LogP contribution in [0, 0.1) is 5.92 Å². The molecule has 1 aliphatic heterocycles. The van der Waals surface area contributed by atoms with Crippen LogP contribution in [0.15, 0.2) is 24.3 Å². The summed E-state index contributed by atoms with van der Waals surface area (Å²) in [6, 6.07) is 5.01. The molecule has 1 heterocycles. The Labute approximate surface area is 118 Å². The van der Waals surface area contributed by atoms with Crippen LogP contribution in [0.5, 0.6) is 0 Å². The second kappa shape index (κ2) is 5.09. The zero-order valence-corrected chi connectivity index (χ0v) is 12.2. The van der Waals surface area contributed by atoms with Crippen molar-refractivity contribution in [1.82, 2.24) is 0 Å². The minimum atomic E-state index is -4.38. The summed E-state index contributed by atoms with van der Waals surface area (Å²) < 4.78 is 60.7. The van der Waals surface area contributed by atoms with Gasteiger partial charge < -0.3 is 0 Å². The Hall–Kier alpha value is -0.560. The lowest BCUT2D eigenvalue weighted by atomic mass is 9.97. The van der Waals surface area contributed by atoms with Crippen molar-refractivity contribution in [3.63, 3.8) is 0 Å². The third-order valence-electron chi connectivity index (χ3n) is 3.21. The van der Waals surface area contributed by atoms with E-state index in [9.17, 15) is 21.6 Å². The van der Waals surface area contributed by atoms with Crippen LogP contribution in [-0.4, -0.2) is 19.9 Å². The first-order chi connectivity index (χ1) is 8.69. The molecule has 0 amide bonds. The van der Waals surface area contributed by atoms with Crippen molar-refractivity contribution in [2.24, 2.45) is 5.92 Å². The van der Waals surface area contributed by atoms with Gasteiger partial charge in [-0.2, -0.15) is 13.2 Å². The summed E-state index contributed by atoms with van der Waals surface area (Å²) in [5.74, 6) is -0.0359. The number of benzene rings is 1. The largest absolute Gasteiger partial charge is 0.416 e. The standard InChI is InChI=1S/C12H12BrF3O2S/c13-11(9-4-5-19(17,18)7-9)8-2-1-3-10(6-8)12(14,15)16/h1-3,6,9,11H,4-5,7H2. The van der Waals surface area contributed by atoms with E-state index < -0.39 is 21.6 Å². The van der Waals surface area contributed by atoms with Crippen molar-refractivity contribution < 1.29 is 21.6 Å². The second-order valence-corrected chi connectivity index (χ2v) is 7.90. The third kappa shape index (κ3) is 3.51. The molecule has 2 unspecified atom stereocenters. The molecule has 0 aliphatic carbocycles. The molecule has 0 N–H and O–H groups in total. The Morgan fingerprint density at radius 2 is 2.00 bits per heavy atom. The quantitative estimate of drug-likeness (QED) is 0.759. The van der Waals surface area contributed by atoms with E-state index in [0.29, 0.717) is 12.0 Å². The van der Waals surface area contributed by atoms with E-state index in [4.69, 9.17) is 0 Å². The maximum absolute atomic E-state index is 12.6. The molecule has 7 heteroatoms. The van der Waals surface area contributed by atoms with Crippen molar-refractivity contribution in [2.45, 2.75) is 17.4 Å². The van der Waals surface area contributed by atoms with Crippen LogP contribution in [-0.2, 0) is 16.0 Å². The lowest BCUT2D eigenvalue weighted by Gasteiger charge is -2.17. The highest BCUT2D eigenvalue weighted by Gasteiger charge is 2.35. The van der Waals surface area contributed by atoms with Crippen LogP contribution in [0.25, 0.3) is 0 Å². The molecule has 106 valence electrons. The Kier molecular flexibility index (Phi) is 3.97. The van der Waals surface area contributed by atoms with E-state index in [1.165, 1.54) is 6.07 Å². The van der Waals surface area contributed by atoms with E-state index in [0.717, 1.165) is 12.1 Å². The molecule has 2 nitrogen and oxygen atoms in total. The van der Waals surface area contributed by atoms with Gasteiger partial charge in [-0.25, -0.2) is 8.42 Å². The highest BCUT2D eigenvalue weighted by Crippen LogP contribution is 2.39. The molecule has 0 bridgehead atoms. The van der Waals surface area contributed by atoms with Crippen LogP contribution in [0.1, 0.15) is 22.4 Å². The monoisotopic (exact) mass is 356 g/mol. The molecule has 19 heavy (non-hydrogen) atoms. The van der Waals surface area contributed by atoms with E-state index in [2.05, 4.69) is 15.9 Å². The van der Waals surface area contributed by atoms with Gasteiger partial charge in [-0.3, -0.25) is 0 Å². The predicted molar refractivity (Wildman–Crippen MR) is 69.9 cm³/mol. The fraction of sp³-hybridized carbons (Fsp3) is 0.500. The van der Waals surface area contributed by atoms with Gasteiger partial charge in [0.05, 0.1) is 17.1 Å². The zero-order valence-electron chi connectivity index (χ0n) is 9.82. The summed E-state index contributed by atoms with van der Waals surface area (Å²) in [7, 11) is -3.04. The molecule has 0 saturated carbocycles. The fourth-order valence-corrected chi connectivity index (χ4v) is 5.04. The van der Waals surface area contributed by atoms with E-state index in [-0.39, 0.29) is 22.3 Å². The van der Waals surface area contributed by atoms with Crippen LogP contribution < -0.4 is 0 Å². The molecule has 1 aliphatic rings. The Bertz CT molecular complexity index is 569. The third-order valence-corrected chi connectivity index (χ3v) is 6.28. The van der Waals surface area contributed by atoms with E-state index >= 15 is 0 Å². The smallest absolute Gasteiger partial charge is 0.229 e. The van der Waals surface area contributed by atoms with Crippen molar-refractivity contribution in [3.05, 3.63) is 35.4 Å². The lowest BCUT2D eigenvalue weighted by Crippen LogP contribution is -2.11. The maximum atomic E-state index is 12.6. The number of halogens is 4. The Balaban J connectivity index is 2.23. The van der Waals surface area contributed by atoms with Gasteiger partial charge in [-0.05, 0) is 24.0 Å². The molecule has 2 atom stereocenters. The van der Waals surface area contributed by atoms with E-state index in [1.54, 1.807) is 6.07 Å². The van der Waals surface area contributed by atoms with Gasteiger partial charge in [0.15, 0.2) is 9.84 Å². The number of alkyl halides is 4. The first-order valence-electron chi connectivity index (χ1n) is 5.71. The minimum absolute atomic E-state index is 0.0269. The molecule has 0 aromatic heterocycles. The molecule has 2 rings (SSSR count). The second-order valence-electron chi connectivity index (χ2n) is 4.69. The summed E-state index contributed by atoms with van der Waals surface area (Å²) >= 11 is 3.33.